The summed E-state index contributed by atoms with van der Waals surface area (Å²) < 4.78 is 27.0. The zero-order valence-corrected chi connectivity index (χ0v) is 19.3. The number of carbonyl (C=O) groups is 1. The number of sulfonamides is 1. The van der Waals surface area contributed by atoms with Gasteiger partial charge in [-0.2, -0.15) is 4.31 Å². The molecule has 1 saturated heterocycles. The summed E-state index contributed by atoms with van der Waals surface area (Å²) in [6.45, 7) is 11.2. The van der Waals surface area contributed by atoms with Crippen LogP contribution in [-0.2, 0) is 10.0 Å². The van der Waals surface area contributed by atoms with E-state index in [2.05, 4.69) is 30.1 Å². The third kappa shape index (κ3) is 6.28. The molecule has 1 amide bonds. The van der Waals surface area contributed by atoms with E-state index in [1.165, 1.54) is 22.0 Å². The SMILES string of the molecule is CCN(CC)S(=O)(=O)c1cc(C(=O)NC2CCN(CC=C(C)C)CC2)ccc1Cl. The fourth-order valence-corrected chi connectivity index (χ4v) is 5.34. The normalized spacial score (nSPS) is 16.1. The first-order valence-corrected chi connectivity index (χ1v) is 12.0. The lowest BCUT2D eigenvalue weighted by atomic mass is 10.0. The molecule has 0 bridgehead atoms. The maximum Gasteiger partial charge on any atom is 0.251 e. The minimum Gasteiger partial charge on any atom is -0.349 e. The van der Waals surface area contributed by atoms with E-state index in [1.807, 2.05) is 0 Å². The lowest BCUT2D eigenvalue weighted by Gasteiger charge is -2.31. The van der Waals surface area contributed by atoms with Crippen molar-refractivity contribution in [1.82, 2.24) is 14.5 Å². The molecule has 1 aromatic rings. The molecule has 1 aliphatic rings. The number of nitrogens with one attached hydrogen (secondary N) is 1. The number of likely N-dealkylation sites (tertiary alicyclic amines) is 1. The molecule has 1 heterocycles. The Labute approximate surface area is 180 Å². The van der Waals surface area contributed by atoms with Gasteiger partial charge in [-0.1, -0.05) is 37.1 Å². The van der Waals surface area contributed by atoms with Gasteiger partial charge in [0.1, 0.15) is 4.90 Å². The third-order valence-corrected chi connectivity index (χ3v) is 7.73. The van der Waals surface area contributed by atoms with E-state index >= 15 is 0 Å². The number of halogens is 1. The molecular formula is C21H32ClN3O3S. The molecule has 162 valence electrons. The first kappa shape index (κ1) is 23.9. The molecule has 0 atom stereocenters. The van der Waals surface area contributed by atoms with Crippen molar-refractivity contribution in [2.24, 2.45) is 0 Å². The summed E-state index contributed by atoms with van der Waals surface area (Å²) >= 11 is 6.16. The van der Waals surface area contributed by atoms with Crippen LogP contribution in [0.3, 0.4) is 0 Å². The Hall–Kier alpha value is -1.41. The summed E-state index contributed by atoms with van der Waals surface area (Å²) in [6.07, 6.45) is 3.96. The minimum atomic E-state index is -3.73. The van der Waals surface area contributed by atoms with Gasteiger partial charge in [0.15, 0.2) is 0 Å². The summed E-state index contributed by atoms with van der Waals surface area (Å²) in [6, 6.07) is 4.52. The Balaban J connectivity index is 2.06. The van der Waals surface area contributed by atoms with Crippen LogP contribution in [0.25, 0.3) is 0 Å². The van der Waals surface area contributed by atoms with Crippen molar-refractivity contribution in [2.45, 2.75) is 51.5 Å². The predicted molar refractivity (Wildman–Crippen MR) is 118 cm³/mol. The molecule has 6 nitrogen and oxygen atoms in total. The van der Waals surface area contributed by atoms with Gasteiger partial charge in [0.05, 0.1) is 5.02 Å². The predicted octanol–water partition coefficient (Wildman–Crippen LogP) is 3.53. The summed E-state index contributed by atoms with van der Waals surface area (Å²) in [7, 11) is -3.73. The monoisotopic (exact) mass is 441 g/mol. The number of carbonyl (C=O) groups excluding carboxylic acids is 1. The average molecular weight is 442 g/mol. The van der Waals surface area contributed by atoms with E-state index < -0.39 is 10.0 Å². The van der Waals surface area contributed by atoms with Crippen LogP contribution in [0, 0.1) is 0 Å². The second kappa shape index (κ2) is 10.6. The lowest BCUT2D eigenvalue weighted by Crippen LogP contribution is -2.44. The summed E-state index contributed by atoms with van der Waals surface area (Å²) in [5.41, 5.74) is 1.62. The maximum absolute atomic E-state index is 12.8. The van der Waals surface area contributed by atoms with Gasteiger partial charge in [-0.3, -0.25) is 9.69 Å². The number of hydrogen-bond acceptors (Lipinski definition) is 4. The van der Waals surface area contributed by atoms with Crippen molar-refractivity contribution in [3.05, 3.63) is 40.4 Å². The highest BCUT2D eigenvalue weighted by molar-refractivity contribution is 7.89. The van der Waals surface area contributed by atoms with E-state index in [1.54, 1.807) is 19.9 Å². The number of amides is 1. The highest BCUT2D eigenvalue weighted by Crippen LogP contribution is 2.26. The third-order valence-electron chi connectivity index (χ3n) is 5.20. The highest BCUT2D eigenvalue weighted by Gasteiger charge is 2.26. The first-order chi connectivity index (χ1) is 13.7. The molecule has 1 aromatic carbocycles. The number of benzene rings is 1. The van der Waals surface area contributed by atoms with Crippen LogP contribution in [0.15, 0.2) is 34.7 Å². The van der Waals surface area contributed by atoms with Crippen molar-refractivity contribution in [3.63, 3.8) is 0 Å². The van der Waals surface area contributed by atoms with Gasteiger partial charge in [0, 0.05) is 44.3 Å². The number of allylic oxidation sites excluding steroid dienone is 1. The van der Waals surface area contributed by atoms with E-state index in [9.17, 15) is 13.2 Å². The molecule has 0 radical (unpaired) electrons. The fourth-order valence-electron chi connectivity index (χ4n) is 3.39. The fraction of sp³-hybridized carbons (Fsp3) is 0.571. The van der Waals surface area contributed by atoms with E-state index in [-0.39, 0.29) is 21.9 Å². The molecule has 2 rings (SSSR count). The summed E-state index contributed by atoms with van der Waals surface area (Å²) in [4.78, 5) is 15.1. The molecule has 0 aliphatic carbocycles. The molecule has 0 spiro atoms. The second-order valence-corrected chi connectivity index (χ2v) is 9.88. The van der Waals surface area contributed by atoms with Gasteiger partial charge in [-0.15, -0.1) is 0 Å². The molecule has 0 unspecified atom stereocenters. The largest absolute Gasteiger partial charge is 0.349 e. The number of rotatable bonds is 8. The van der Waals surface area contributed by atoms with Crippen LogP contribution in [-0.4, -0.2) is 62.3 Å². The smallest absolute Gasteiger partial charge is 0.251 e. The van der Waals surface area contributed by atoms with Crippen molar-refractivity contribution in [2.75, 3.05) is 32.7 Å². The van der Waals surface area contributed by atoms with Crippen molar-refractivity contribution in [3.8, 4) is 0 Å². The van der Waals surface area contributed by atoms with Crippen LogP contribution in [0.2, 0.25) is 5.02 Å². The Morgan fingerprint density at radius 3 is 2.41 bits per heavy atom. The Kier molecular flexibility index (Phi) is 8.70. The molecule has 8 heteroatoms. The average Bonchev–Trinajstić information content (AvgIpc) is 2.68. The maximum atomic E-state index is 12.8. The zero-order chi connectivity index (χ0) is 21.6. The van der Waals surface area contributed by atoms with Crippen LogP contribution < -0.4 is 5.32 Å². The number of nitrogens with zero attached hydrogens (tertiary/aromatic N) is 2. The quantitative estimate of drug-likeness (QED) is 0.626. The van der Waals surface area contributed by atoms with E-state index in [0.717, 1.165) is 32.5 Å². The van der Waals surface area contributed by atoms with Crippen LogP contribution in [0.5, 0.6) is 0 Å². The van der Waals surface area contributed by atoms with Gasteiger partial charge in [0.25, 0.3) is 5.91 Å². The van der Waals surface area contributed by atoms with Gasteiger partial charge < -0.3 is 5.32 Å². The van der Waals surface area contributed by atoms with E-state index in [0.29, 0.717) is 18.7 Å². The molecule has 1 N–H and O–H groups in total. The van der Waals surface area contributed by atoms with E-state index in [4.69, 9.17) is 11.6 Å². The van der Waals surface area contributed by atoms with Crippen LogP contribution in [0.1, 0.15) is 50.9 Å². The number of piperidine rings is 1. The molecule has 0 saturated carbocycles. The topological polar surface area (TPSA) is 69.7 Å². The van der Waals surface area contributed by atoms with Crippen molar-refractivity contribution >= 4 is 27.5 Å². The van der Waals surface area contributed by atoms with Crippen LogP contribution in [0.4, 0.5) is 0 Å². The lowest BCUT2D eigenvalue weighted by molar-refractivity contribution is 0.0914. The van der Waals surface area contributed by atoms with Crippen molar-refractivity contribution in [1.29, 1.82) is 0 Å². The molecular weight excluding hydrogens is 410 g/mol. The molecule has 0 aromatic heterocycles. The van der Waals surface area contributed by atoms with Gasteiger partial charge >= 0.3 is 0 Å². The van der Waals surface area contributed by atoms with Crippen molar-refractivity contribution < 1.29 is 13.2 Å². The Morgan fingerprint density at radius 2 is 1.86 bits per heavy atom. The zero-order valence-electron chi connectivity index (χ0n) is 17.7. The minimum absolute atomic E-state index is 0.0212. The molecule has 1 aliphatic heterocycles. The summed E-state index contributed by atoms with van der Waals surface area (Å²) in [5, 5.41) is 3.17. The standard InChI is InChI=1S/C21H32ClN3O3S/c1-5-25(6-2)29(27,28)20-15-17(7-8-19(20)22)21(26)23-18-10-13-24(14-11-18)12-9-16(3)4/h7-9,15,18H,5-6,10-14H2,1-4H3,(H,23,26). The molecule has 29 heavy (non-hydrogen) atoms. The van der Waals surface area contributed by atoms with Crippen LogP contribution >= 0.6 is 11.6 Å². The highest BCUT2D eigenvalue weighted by atomic mass is 35.5. The molecule has 1 fully saturated rings. The van der Waals surface area contributed by atoms with Gasteiger partial charge in [0.2, 0.25) is 10.0 Å². The number of hydrogen-bond donors (Lipinski definition) is 1. The first-order valence-electron chi connectivity index (χ1n) is 10.1. The Bertz CT molecular complexity index is 839. The van der Waals surface area contributed by atoms with Gasteiger partial charge in [-0.25, -0.2) is 8.42 Å². The summed E-state index contributed by atoms with van der Waals surface area (Å²) in [5.74, 6) is -0.264. The Morgan fingerprint density at radius 1 is 1.24 bits per heavy atom. The van der Waals surface area contributed by atoms with Gasteiger partial charge in [-0.05, 0) is 44.9 Å². The second-order valence-electron chi connectivity index (χ2n) is 7.56.